The van der Waals surface area contributed by atoms with E-state index in [4.69, 9.17) is 5.73 Å². The lowest BCUT2D eigenvalue weighted by Gasteiger charge is -2.50. The molecule has 7 unspecified atom stereocenters. The van der Waals surface area contributed by atoms with Crippen LogP contribution in [-0.4, -0.2) is 117 Å². The average Bonchev–Trinajstić information content (AvgIpc) is 3.23. The van der Waals surface area contributed by atoms with E-state index < -0.39 is 30.3 Å². The van der Waals surface area contributed by atoms with Gasteiger partial charge in [-0.05, 0) is 39.2 Å². The Kier molecular flexibility index (Phi) is 10.6. The number of nitrogens with zero attached hydrogens (tertiary/aromatic N) is 3. The number of amides is 1. The van der Waals surface area contributed by atoms with E-state index in [0.29, 0.717) is 24.9 Å². The second kappa shape index (κ2) is 14.1. The highest BCUT2D eigenvalue weighted by atomic mass is 19.1. The fourth-order valence-corrected chi connectivity index (χ4v) is 7.59. The highest BCUT2D eigenvalue weighted by Gasteiger charge is 2.42. The molecule has 41 heavy (non-hydrogen) atoms. The largest absolute Gasteiger partial charge is 0.387 e. The first-order chi connectivity index (χ1) is 19.8. The molecule has 9 nitrogen and oxygen atoms in total. The number of carbonyl (C=O) groups excluding carboxylic acids is 1. The molecular weight excluding hydrogens is 526 g/mol. The molecule has 0 aromatic heterocycles. The quantitative estimate of drug-likeness (QED) is 0.318. The van der Waals surface area contributed by atoms with Gasteiger partial charge in [0.05, 0.1) is 24.2 Å². The van der Waals surface area contributed by atoms with Gasteiger partial charge in [-0.1, -0.05) is 31.8 Å². The van der Waals surface area contributed by atoms with Crippen LogP contribution in [0.1, 0.15) is 51.9 Å². The molecule has 1 amide bonds. The van der Waals surface area contributed by atoms with Crippen LogP contribution in [0.4, 0.5) is 8.78 Å². The summed E-state index contributed by atoms with van der Waals surface area (Å²) in [6.45, 7) is 7.96. The molecule has 0 aromatic carbocycles. The number of halogens is 2. The summed E-state index contributed by atoms with van der Waals surface area (Å²) in [4.78, 5) is 21.0. The smallest absolute Gasteiger partial charge is 0.228 e. The van der Waals surface area contributed by atoms with Crippen molar-refractivity contribution < 1.29 is 13.6 Å². The fraction of sp³-hybridized carbons (Fsp3) is 0.833. The molecule has 3 fully saturated rings. The van der Waals surface area contributed by atoms with Gasteiger partial charge in [-0.2, -0.15) is 0 Å². The van der Waals surface area contributed by atoms with Crippen LogP contribution in [0.3, 0.4) is 0 Å². The summed E-state index contributed by atoms with van der Waals surface area (Å²) in [6, 6.07) is -0.982. The standard InChI is InChI=1S/C30H52F2N8O/c1-20-27(29(33)36-25(10-9-22(31)15-35-20)21-7-5-3-4-6-8-21)30(41)37-26-17-34-16-24(32)28(26)40-14-13-39-12-11-38(2)18-23(39)19-40/h10,16,20-23,26-29,34-36H,3-9,11-15,17-19,33H2,1-2H3,(H,37,41)/b25-10-. The van der Waals surface area contributed by atoms with Crippen molar-refractivity contribution in [3.63, 3.8) is 0 Å². The molecule has 0 bridgehead atoms. The second-order valence-electron chi connectivity index (χ2n) is 13.0. The monoisotopic (exact) mass is 578 g/mol. The molecule has 1 aliphatic carbocycles. The number of allylic oxidation sites excluding steroid dienone is 2. The van der Waals surface area contributed by atoms with Crippen molar-refractivity contribution in [2.45, 2.75) is 88.4 Å². The molecule has 2 saturated heterocycles. The summed E-state index contributed by atoms with van der Waals surface area (Å²) in [7, 11) is 2.14. The Hall–Kier alpha value is -1.79. The number of likely N-dealkylation sites (N-methyl/N-ethyl adjacent to an activating group) is 1. The third-order valence-electron chi connectivity index (χ3n) is 10.0. The molecule has 11 heteroatoms. The molecule has 0 spiro atoms. The van der Waals surface area contributed by atoms with Gasteiger partial charge in [-0.3, -0.25) is 14.6 Å². The molecule has 5 aliphatic rings. The third kappa shape index (κ3) is 7.60. The lowest BCUT2D eigenvalue weighted by molar-refractivity contribution is -0.128. The highest BCUT2D eigenvalue weighted by Crippen LogP contribution is 2.29. The van der Waals surface area contributed by atoms with Gasteiger partial charge >= 0.3 is 0 Å². The molecule has 7 atom stereocenters. The Morgan fingerprint density at radius 2 is 1.78 bits per heavy atom. The number of fused-ring (bicyclic) bond motifs is 1. The van der Waals surface area contributed by atoms with Gasteiger partial charge in [0.2, 0.25) is 5.91 Å². The van der Waals surface area contributed by atoms with Crippen molar-refractivity contribution >= 4 is 5.91 Å². The Balaban J connectivity index is 1.30. The molecule has 6 N–H and O–H groups in total. The minimum absolute atomic E-state index is 0.164. The number of hydrogen-bond acceptors (Lipinski definition) is 8. The lowest BCUT2D eigenvalue weighted by Crippen LogP contribution is -2.67. The minimum Gasteiger partial charge on any atom is -0.387 e. The summed E-state index contributed by atoms with van der Waals surface area (Å²) in [5.74, 6) is -0.833. The van der Waals surface area contributed by atoms with Gasteiger partial charge in [0, 0.05) is 76.3 Å². The first kappa shape index (κ1) is 30.7. The number of hydrogen-bond donors (Lipinski definition) is 5. The van der Waals surface area contributed by atoms with Crippen molar-refractivity contribution in [2.75, 3.05) is 59.4 Å². The fourth-order valence-electron chi connectivity index (χ4n) is 7.59. The molecule has 232 valence electrons. The molecule has 0 aromatic rings. The summed E-state index contributed by atoms with van der Waals surface area (Å²) in [5.41, 5.74) is 7.74. The zero-order chi connectivity index (χ0) is 28.9. The van der Waals surface area contributed by atoms with Crippen molar-refractivity contribution in [3.05, 3.63) is 23.8 Å². The van der Waals surface area contributed by atoms with Crippen molar-refractivity contribution in [1.29, 1.82) is 0 Å². The third-order valence-corrected chi connectivity index (χ3v) is 10.0. The van der Waals surface area contributed by atoms with Crippen LogP contribution >= 0.6 is 0 Å². The van der Waals surface area contributed by atoms with E-state index in [1.54, 1.807) is 0 Å². The van der Waals surface area contributed by atoms with E-state index in [1.807, 2.05) is 13.0 Å². The predicted octanol–water partition coefficient (Wildman–Crippen LogP) is 1.25. The lowest BCUT2D eigenvalue weighted by atomic mass is 9.91. The number of nitrogens with two attached hydrogens (primary N) is 1. The predicted molar refractivity (Wildman–Crippen MR) is 158 cm³/mol. The molecule has 4 aliphatic heterocycles. The zero-order valence-electron chi connectivity index (χ0n) is 25.0. The van der Waals surface area contributed by atoms with Crippen molar-refractivity contribution in [3.8, 4) is 0 Å². The number of carbonyl (C=O) groups is 1. The van der Waals surface area contributed by atoms with E-state index in [-0.39, 0.29) is 24.3 Å². The first-order valence-electron chi connectivity index (χ1n) is 16.0. The number of piperazine rings is 2. The van der Waals surface area contributed by atoms with Gasteiger partial charge in [-0.15, -0.1) is 0 Å². The zero-order valence-corrected chi connectivity index (χ0v) is 25.0. The van der Waals surface area contributed by atoms with Crippen LogP contribution in [0.15, 0.2) is 23.8 Å². The molecule has 4 heterocycles. The van der Waals surface area contributed by atoms with Gasteiger partial charge in [-0.25, -0.2) is 8.78 Å². The summed E-state index contributed by atoms with van der Waals surface area (Å²) < 4.78 is 30.3. The van der Waals surface area contributed by atoms with Gasteiger partial charge in [0.25, 0.3) is 0 Å². The van der Waals surface area contributed by atoms with Crippen LogP contribution in [0.25, 0.3) is 0 Å². The molecular formula is C30H52F2N8O. The van der Waals surface area contributed by atoms with Crippen LogP contribution in [0, 0.1) is 11.8 Å². The van der Waals surface area contributed by atoms with Gasteiger partial charge in [0.1, 0.15) is 12.0 Å². The maximum absolute atomic E-state index is 15.5. The van der Waals surface area contributed by atoms with Crippen LogP contribution in [-0.2, 0) is 4.79 Å². The molecule has 1 saturated carbocycles. The van der Waals surface area contributed by atoms with E-state index in [0.717, 1.165) is 70.6 Å². The Labute approximate surface area is 244 Å². The normalized spacial score (nSPS) is 38.7. The Morgan fingerprint density at radius 3 is 2.56 bits per heavy atom. The van der Waals surface area contributed by atoms with Crippen LogP contribution in [0.5, 0.6) is 0 Å². The van der Waals surface area contributed by atoms with E-state index >= 15 is 4.39 Å². The maximum atomic E-state index is 15.5. The van der Waals surface area contributed by atoms with Crippen molar-refractivity contribution in [1.82, 2.24) is 36.0 Å². The molecule has 5 rings (SSSR count). The van der Waals surface area contributed by atoms with Crippen LogP contribution < -0.4 is 27.0 Å². The second-order valence-corrected chi connectivity index (χ2v) is 13.0. The first-order valence-corrected chi connectivity index (χ1v) is 16.0. The highest BCUT2D eigenvalue weighted by molar-refractivity contribution is 5.80. The Bertz CT molecular complexity index is 941. The number of alkyl halides is 1. The number of nitrogens with one attached hydrogen (secondary N) is 4. The minimum atomic E-state index is -1.04. The van der Waals surface area contributed by atoms with Gasteiger partial charge in [0.15, 0.2) is 0 Å². The summed E-state index contributed by atoms with van der Waals surface area (Å²) in [5, 5.41) is 12.9. The Morgan fingerprint density at radius 1 is 1.05 bits per heavy atom. The summed E-state index contributed by atoms with van der Waals surface area (Å²) >= 11 is 0. The van der Waals surface area contributed by atoms with E-state index in [1.165, 1.54) is 19.0 Å². The van der Waals surface area contributed by atoms with E-state index in [9.17, 15) is 9.18 Å². The molecule has 0 radical (unpaired) electrons. The van der Waals surface area contributed by atoms with Gasteiger partial charge < -0.3 is 31.9 Å². The van der Waals surface area contributed by atoms with Crippen molar-refractivity contribution in [2.24, 2.45) is 17.6 Å². The average molecular weight is 579 g/mol. The summed E-state index contributed by atoms with van der Waals surface area (Å²) in [6.07, 6.45) is 8.91. The topological polar surface area (TPSA) is 101 Å². The van der Waals surface area contributed by atoms with Crippen LogP contribution in [0.2, 0.25) is 0 Å². The van der Waals surface area contributed by atoms with E-state index in [2.05, 4.69) is 43.0 Å². The maximum Gasteiger partial charge on any atom is 0.228 e. The number of rotatable bonds is 4. The SMILES string of the molecule is CC1NCC(F)C/C=C(/C2CCCCCC2)NC(N)C1C(=O)NC1CNC=C(F)C1N1CCN2CCN(C)CC2C1.